The number of aromatic hydroxyl groups is 1. The lowest BCUT2D eigenvalue weighted by Crippen LogP contribution is -2.68. The Kier molecular flexibility index (Phi) is 5.74. The van der Waals surface area contributed by atoms with Crippen molar-refractivity contribution in [3.8, 4) is 16.2 Å². The van der Waals surface area contributed by atoms with Crippen LogP contribution < -0.4 is 11.1 Å². The molecule has 198 valence electrons. The number of amides is 1. The maximum absolute atomic E-state index is 13.7. The van der Waals surface area contributed by atoms with Crippen molar-refractivity contribution in [3.05, 3.63) is 59.8 Å². The van der Waals surface area contributed by atoms with Gasteiger partial charge in [0.15, 0.2) is 39.8 Å². The maximum Gasteiger partial charge on any atom is 0.235 e. The highest BCUT2D eigenvalue weighted by Gasteiger charge is 2.66. The first kappa shape index (κ1) is 25.1. The van der Waals surface area contributed by atoms with Gasteiger partial charge in [-0.3, -0.25) is 24.0 Å². The summed E-state index contributed by atoms with van der Waals surface area (Å²) in [6.07, 6.45) is 1.62. The van der Waals surface area contributed by atoms with Crippen molar-refractivity contribution in [1.82, 2.24) is 4.98 Å². The van der Waals surface area contributed by atoms with Crippen LogP contribution in [0.5, 0.6) is 5.75 Å². The molecular formula is C28H23N3O7S. The molecule has 2 aromatic carbocycles. The van der Waals surface area contributed by atoms with E-state index in [0.29, 0.717) is 10.7 Å². The number of carbonyl (C=O) groups excluding carboxylic acids is 5. The van der Waals surface area contributed by atoms with Crippen LogP contribution in [-0.4, -0.2) is 49.8 Å². The van der Waals surface area contributed by atoms with Crippen molar-refractivity contribution in [2.24, 2.45) is 29.4 Å². The van der Waals surface area contributed by atoms with E-state index in [9.17, 15) is 34.2 Å². The monoisotopic (exact) mass is 545 g/mol. The Labute approximate surface area is 225 Å². The molecule has 1 heterocycles. The lowest BCUT2D eigenvalue weighted by molar-refractivity contribution is -0.175. The number of primary amides is 1. The zero-order chi connectivity index (χ0) is 27.6. The molecule has 0 radical (unpaired) electrons. The molecule has 1 aromatic heterocycles. The Morgan fingerprint density at radius 2 is 1.79 bits per heavy atom. The van der Waals surface area contributed by atoms with E-state index in [1.54, 1.807) is 18.3 Å². The molecule has 1 amide bonds. The number of anilines is 2. The van der Waals surface area contributed by atoms with Crippen LogP contribution in [0.25, 0.3) is 10.4 Å². The van der Waals surface area contributed by atoms with Crippen molar-refractivity contribution in [2.75, 3.05) is 5.32 Å². The fraction of sp³-hybridized carbons (Fsp3) is 0.286. The number of phenols is 1. The first-order valence-electron chi connectivity index (χ1n) is 12.4. The smallest absolute Gasteiger partial charge is 0.235 e. The lowest BCUT2D eigenvalue weighted by atomic mass is 9.54. The molecule has 6 rings (SSSR count). The molecule has 2 saturated carbocycles. The van der Waals surface area contributed by atoms with E-state index >= 15 is 0 Å². The molecule has 2 unspecified atom stereocenters. The molecule has 0 saturated heterocycles. The second-order valence-electron chi connectivity index (χ2n) is 10.3. The number of Topliss-reactive ketones (excluding diaryl/α,β-unsaturated/α-hetero) is 4. The van der Waals surface area contributed by atoms with Crippen LogP contribution in [0.15, 0.2) is 48.7 Å². The molecule has 11 heteroatoms. The molecule has 39 heavy (non-hydrogen) atoms. The summed E-state index contributed by atoms with van der Waals surface area (Å²) in [4.78, 5) is 69.7. The van der Waals surface area contributed by atoms with Gasteiger partial charge in [0.05, 0.1) is 22.0 Å². The van der Waals surface area contributed by atoms with Crippen LogP contribution in [0.1, 0.15) is 28.8 Å². The molecule has 0 bridgehead atoms. The number of thiazole rings is 1. The molecule has 5 N–H and O–H groups in total. The Morgan fingerprint density at radius 1 is 1.05 bits per heavy atom. The Morgan fingerprint density at radius 3 is 2.51 bits per heavy atom. The highest BCUT2D eigenvalue weighted by atomic mass is 32.1. The van der Waals surface area contributed by atoms with Crippen LogP contribution in [0, 0.1) is 23.7 Å². The third-order valence-corrected chi connectivity index (χ3v) is 9.04. The first-order valence-corrected chi connectivity index (χ1v) is 13.2. The number of nitrogens with two attached hydrogens (primary N) is 1. The molecular weight excluding hydrogens is 522 g/mol. The number of nitrogens with zero attached hydrogens (tertiary/aromatic N) is 1. The third kappa shape index (κ3) is 3.72. The topological polar surface area (TPSA) is 177 Å². The van der Waals surface area contributed by atoms with Gasteiger partial charge in [0, 0.05) is 18.5 Å². The SMILES string of the molecule is NC(=O)C1C(=O)C[C@@H]2C[C@@H]3Cc4ccc(Nc5ncc(-c6ccccc6)s5)c(O)c4C(=O)C3C(=O)[C@]2(O)C1=O. The molecule has 3 aromatic rings. The summed E-state index contributed by atoms with van der Waals surface area (Å²) in [6.45, 7) is 0. The van der Waals surface area contributed by atoms with E-state index in [1.807, 2.05) is 30.3 Å². The van der Waals surface area contributed by atoms with Crippen molar-refractivity contribution >= 4 is 51.2 Å². The van der Waals surface area contributed by atoms with Gasteiger partial charge in [-0.2, -0.15) is 0 Å². The van der Waals surface area contributed by atoms with Crippen LogP contribution in [0.2, 0.25) is 0 Å². The number of rotatable bonds is 4. The third-order valence-electron chi connectivity index (χ3n) is 8.08. The number of ketones is 4. The molecule has 3 aliphatic carbocycles. The van der Waals surface area contributed by atoms with Gasteiger partial charge in [-0.25, -0.2) is 4.98 Å². The summed E-state index contributed by atoms with van der Waals surface area (Å²) in [7, 11) is 0. The molecule has 10 nitrogen and oxygen atoms in total. The minimum atomic E-state index is -2.66. The standard InChI is InChI=1S/C28H23N3O7S/c29-26(37)21-17(32)10-15-9-14-8-13-6-7-16(31-27-30-11-18(39-27)12-4-2-1-3-5-12)22(33)19(13)23(34)20(14)24(35)28(15,38)25(21)36/h1-7,11,14-15,20-21,33,38H,8-10H2,(H2,29,37)(H,30,31)/t14-,15-,20?,21?,28-/m0/s1. The number of nitrogens with one attached hydrogen (secondary N) is 1. The van der Waals surface area contributed by atoms with Crippen LogP contribution in [-0.2, 0) is 25.6 Å². The fourth-order valence-electron chi connectivity index (χ4n) is 6.23. The average Bonchev–Trinajstić information content (AvgIpc) is 3.37. The summed E-state index contributed by atoms with van der Waals surface area (Å²) < 4.78 is 0. The number of aliphatic hydroxyl groups is 1. The Hall–Kier alpha value is -4.22. The van der Waals surface area contributed by atoms with Crippen molar-refractivity contribution in [3.63, 3.8) is 0 Å². The number of hydrogen-bond acceptors (Lipinski definition) is 10. The van der Waals surface area contributed by atoms with Crippen LogP contribution >= 0.6 is 11.3 Å². The van der Waals surface area contributed by atoms with E-state index in [4.69, 9.17) is 5.73 Å². The summed E-state index contributed by atoms with van der Waals surface area (Å²) in [6, 6.07) is 12.9. The van der Waals surface area contributed by atoms with E-state index in [1.165, 1.54) is 11.3 Å². The number of carbonyl (C=O) groups is 5. The number of aromatic nitrogens is 1. The molecule has 5 atom stereocenters. The Bertz CT molecular complexity index is 1580. The predicted molar refractivity (Wildman–Crippen MR) is 139 cm³/mol. The molecule has 2 fully saturated rings. The van der Waals surface area contributed by atoms with E-state index in [2.05, 4.69) is 10.3 Å². The quantitative estimate of drug-likeness (QED) is 0.283. The Balaban J connectivity index is 1.32. The number of phenolic OH excluding ortho intramolecular Hbond substituents is 1. The second kappa shape index (κ2) is 8.92. The fourth-order valence-corrected chi connectivity index (χ4v) is 7.06. The molecule has 3 aliphatic rings. The van der Waals surface area contributed by atoms with Gasteiger partial charge in [-0.05, 0) is 36.0 Å². The van der Waals surface area contributed by atoms with Gasteiger partial charge in [0.1, 0.15) is 5.75 Å². The van der Waals surface area contributed by atoms with Gasteiger partial charge in [-0.15, -0.1) is 0 Å². The highest BCUT2D eigenvalue weighted by Crippen LogP contribution is 2.50. The largest absolute Gasteiger partial charge is 0.505 e. The summed E-state index contributed by atoms with van der Waals surface area (Å²) in [5.41, 5.74) is 4.19. The highest BCUT2D eigenvalue weighted by molar-refractivity contribution is 7.18. The number of fused-ring (bicyclic) bond motifs is 3. The van der Waals surface area contributed by atoms with Gasteiger partial charge in [0.2, 0.25) is 5.91 Å². The number of hydrogen-bond donors (Lipinski definition) is 4. The van der Waals surface area contributed by atoms with Gasteiger partial charge in [-0.1, -0.05) is 47.7 Å². The van der Waals surface area contributed by atoms with E-state index in [-0.39, 0.29) is 36.3 Å². The normalized spacial score (nSPS) is 27.9. The first-order chi connectivity index (χ1) is 18.6. The zero-order valence-electron chi connectivity index (χ0n) is 20.4. The predicted octanol–water partition coefficient (Wildman–Crippen LogP) is 2.19. The summed E-state index contributed by atoms with van der Waals surface area (Å²) in [5.74, 6) is -10.3. The van der Waals surface area contributed by atoms with Crippen molar-refractivity contribution in [2.45, 2.75) is 24.9 Å². The van der Waals surface area contributed by atoms with Crippen LogP contribution in [0.4, 0.5) is 10.8 Å². The zero-order valence-corrected chi connectivity index (χ0v) is 21.2. The molecule has 0 spiro atoms. The minimum Gasteiger partial charge on any atom is -0.505 e. The summed E-state index contributed by atoms with van der Waals surface area (Å²) in [5, 5.41) is 25.9. The van der Waals surface area contributed by atoms with Gasteiger partial charge < -0.3 is 21.3 Å². The minimum absolute atomic E-state index is 0.0587. The van der Waals surface area contributed by atoms with Crippen LogP contribution in [0.3, 0.4) is 0 Å². The van der Waals surface area contributed by atoms with E-state index < -0.39 is 58.3 Å². The lowest BCUT2D eigenvalue weighted by Gasteiger charge is -2.48. The number of benzene rings is 2. The van der Waals surface area contributed by atoms with Crippen molar-refractivity contribution < 1.29 is 34.2 Å². The second-order valence-corrected chi connectivity index (χ2v) is 11.3. The van der Waals surface area contributed by atoms with E-state index in [0.717, 1.165) is 10.4 Å². The summed E-state index contributed by atoms with van der Waals surface area (Å²) >= 11 is 1.35. The average molecular weight is 546 g/mol. The van der Waals surface area contributed by atoms with Crippen molar-refractivity contribution in [1.29, 1.82) is 0 Å². The van der Waals surface area contributed by atoms with Gasteiger partial charge in [0.25, 0.3) is 0 Å². The maximum atomic E-state index is 13.7. The molecule has 0 aliphatic heterocycles. The van der Waals surface area contributed by atoms with Gasteiger partial charge >= 0.3 is 0 Å².